The van der Waals surface area contributed by atoms with Gasteiger partial charge in [-0.05, 0) is 25.1 Å². The number of nitrogens with one attached hydrogen (secondary N) is 1. The van der Waals surface area contributed by atoms with Crippen molar-refractivity contribution in [2.24, 2.45) is 0 Å². The zero-order valence-electron chi connectivity index (χ0n) is 11.5. The average molecular weight is 317 g/mol. The molecule has 0 aliphatic heterocycles. The highest BCUT2D eigenvalue weighted by Gasteiger charge is 2.19. The van der Waals surface area contributed by atoms with E-state index in [-0.39, 0.29) is 21.8 Å². The molecule has 0 fully saturated rings. The fraction of sp³-hybridized carbons (Fsp3) is 0.154. The Kier molecular flexibility index (Phi) is 3.55. The Hall–Kier alpha value is -2.81. The van der Waals surface area contributed by atoms with Crippen LogP contribution < -0.4 is 5.32 Å². The standard InChI is InChI=1S/C13H11N5O3S/c1-8(12-16-15-10-4-2-3-7-17(10)12)14-13(19)9-5-6-11(22-9)18(20)21/h2-8H,1H3,(H,14,19). The second-order valence-electron chi connectivity index (χ2n) is 4.58. The number of aromatic nitrogens is 3. The summed E-state index contributed by atoms with van der Waals surface area (Å²) in [6.07, 6.45) is 1.81. The van der Waals surface area contributed by atoms with E-state index < -0.39 is 4.92 Å². The molecule has 3 rings (SSSR count). The fourth-order valence-corrected chi connectivity index (χ4v) is 2.76. The van der Waals surface area contributed by atoms with Gasteiger partial charge in [0.2, 0.25) is 0 Å². The van der Waals surface area contributed by atoms with Crippen molar-refractivity contribution < 1.29 is 9.72 Å². The second-order valence-corrected chi connectivity index (χ2v) is 5.64. The largest absolute Gasteiger partial charge is 0.342 e. The first kappa shape index (κ1) is 14.1. The minimum Gasteiger partial charge on any atom is -0.342 e. The molecule has 0 radical (unpaired) electrons. The van der Waals surface area contributed by atoms with Gasteiger partial charge in [-0.25, -0.2) is 0 Å². The number of amides is 1. The van der Waals surface area contributed by atoms with Crippen LogP contribution in [-0.2, 0) is 0 Å². The Balaban J connectivity index is 1.79. The van der Waals surface area contributed by atoms with Gasteiger partial charge >= 0.3 is 5.00 Å². The lowest BCUT2D eigenvalue weighted by Crippen LogP contribution is -2.27. The molecule has 112 valence electrons. The highest BCUT2D eigenvalue weighted by Crippen LogP contribution is 2.24. The number of hydrogen-bond donors (Lipinski definition) is 1. The zero-order valence-corrected chi connectivity index (χ0v) is 12.3. The smallest absolute Gasteiger partial charge is 0.324 e. The molecule has 0 bridgehead atoms. The first-order valence-corrected chi connectivity index (χ1v) is 7.22. The molecule has 3 aromatic rings. The monoisotopic (exact) mass is 317 g/mol. The van der Waals surface area contributed by atoms with Crippen molar-refractivity contribution in [3.05, 3.63) is 57.3 Å². The van der Waals surface area contributed by atoms with Crippen LogP contribution in [0.4, 0.5) is 5.00 Å². The molecule has 3 heterocycles. The number of rotatable bonds is 4. The van der Waals surface area contributed by atoms with E-state index in [9.17, 15) is 14.9 Å². The van der Waals surface area contributed by atoms with Crippen molar-refractivity contribution in [1.29, 1.82) is 0 Å². The summed E-state index contributed by atoms with van der Waals surface area (Å²) in [7, 11) is 0. The molecule has 1 amide bonds. The maximum absolute atomic E-state index is 12.1. The van der Waals surface area contributed by atoms with E-state index in [0.717, 1.165) is 11.3 Å². The van der Waals surface area contributed by atoms with Gasteiger partial charge in [0.05, 0.1) is 15.8 Å². The number of thiophene rings is 1. The van der Waals surface area contributed by atoms with E-state index in [4.69, 9.17) is 0 Å². The lowest BCUT2D eigenvalue weighted by Gasteiger charge is -2.11. The van der Waals surface area contributed by atoms with Crippen LogP contribution in [0.5, 0.6) is 0 Å². The Morgan fingerprint density at radius 3 is 2.91 bits per heavy atom. The van der Waals surface area contributed by atoms with Gasteiger partial charge in [-0.3, -0.25) is 19.3 Å². The Labute approximate surface area is 128 Å². The van der Waals surface area contributed by atoms with Crippen LogP contribution in [0.3, 0.4) is 0 Å². The molecule has 9 heteroatoms. The van der Waals surface area contributed by atoms with Gasteiger partial charge in [0.25, 0.3) is 5.91 Å². The van der Waals surface area contributed by atoms with Crippen molar-refractivity contribution in [2.75, 3.05) is 0 Å². The van der Waals surface area contributed by atoms with E-state index in [1.807, 2.05) is 24.4 Å². The van der Waals surface area contributed by atoms with Crippen LogP contribution in [-0.4, -0.2) is 25.4 Å². The van der Waals surface area contributed by atoms with Crippen molar-refractivity contribution in [3.63, 3.8) is 0 Å². The minimum absolute atomic E-state index is 0.0641. The first-order chi connectivity index (χ1) is 10.6. The molecule has 0 saturated heterocycles. The van der Waals surface area contributed by atoms with Crippen molar-refractivity contribution >= 4 is 27.9 Å². The van der Waals surface area contributed by atoms with Gasteiger partial charge in [0.1, 0.15) is 0 Å². The summed E-state index contributed by atoms with van der Waals surface area (Å²) in [6, 6.07) is 7.88. The molecule has 1 unspecified atom stereocenters. The van der Waals surface area contributed by atoms with E-state index in [2.05, 4.69) is 15.5 Å². The summed E-state index contributed by atoms with van der Waals surface area (Å²) in [5.41, 5.74) is 0.686. The maximum Gasteiger partial charge on any atom is 0.324 e. The minimum atomic E-state index is -0.517. The Morgan fingerprint density at radius 2 is 2.18 bits per heavy atom. The van der Waals surface area contributed by atoms with Gasteiger partial charge < -0.3 is 5.32 Å². The van der Waals surface area contributed by atoms with Crippen molar-refractivity contribution in [3.8, 4) is 0 Å². The molecular formula is C13H11N5O3S. The molecule has 0 spiro atoms. The number of carbonyl (C=O) groups is 1. The third-order valence-corrected chi connectivity index (χ3v) is 4.11. The van der Waals surface area contributed by atoms with E-state index in [0.29, 0.717) is 11.5 Å². The summed E-state index contributed by atoms with van der Waals surface area (Å²) in [6.45, 7) is 1.78. The van der Waals surface area contributed by atoms with Crippen molar-refractivity contribution in [2.45, 2.75) is 13.0 Å². The molecule has 22 heavy (non-hydrogen) atoms. The molecule has 1 atom stereocenters. The Morgan fingerprint density at radius 1 is 1.36 bits per heavy atom. The lowest BCUT2D eigenvalue weighted by atomic mass is 10.3. The van der Waals surface area contributed by atoms with Crippen LogP contribution in [0, 0.1) is 10.1 Å². The molecule has 1 N–H and O–H groups in total. The summed E-state index contributed by atoms with van der Waals surface area (Å²) in [5, 5.41) is 21.5. The molecule has 0 aliphatic rings. The molecule has 0 aromatic carbocycles. The average Bonchev–Trinajstić information content (AvgIpc) is 3.14. The van der Waals surface area contributed by atoms with E-state index >= 15 is 0 Å². The number of nitro groups is 1. The molecule has 0 aliphatic carbocycles. The summed E-state index contributed by atoms with van der Waals surface area (Å²) in [5.74, 6) is 0.216. The normalized spacial score (nSPS) is 12.2. The summed E-state index contributed by atoms with van der Waals surface area (Å²) < 4.78 is 1.78. The van der Waals surface area contributed by atoms with Gasteiger partial charge in [0, 0.05) is 12.3 Å². The topological polar surface area (TPSA) is 102 Å². The van der Waals surface area contributed by atoms with E-state index in [1.54, 1.807) is 11.3 Å². The third-order valence-electron chi connectivity index (χ3n) is 3.07. The van der Waals surface area contributed by atoms with Crippen LogP contribution in [0.15, 0.2) is 36.5 Å². The fourth-order valence-electron chi connectivity index (χ4n) is 2.04. The maximum atomic E-state index is 12.1. The van der Waals surface area contributed by atoms with Gasteiger partial charge in [-0.1, -0.05) is 17.4 Å². The van der Waals surface area contributed by atoms with Crippen LogP contribution in [0.25, 0.3) is 5.65 Å². The molecule has 0 saturated carbocycles. The zero-order chi connectivity index (χ0) is 15.7. The van der Waals surface area contributed by atoms with Gasteiger partial charge in [0.15, 0.2) is 11.5 Å². The first-order valence-electron chi connectivity index (χ1n) is 6.41. The van der Waals surface area contributed by atoms with Gasteiger partial charge in [-0.2, -0.15) is 0 Å². The molecule has 3 aromatic heterocycles. The number of carbonyl (C=O) groups excluding carboxylic acids is 1. The predicted octanol–water partition coefficient (Wildman–Crippen LogP) is 2.19. The summed E-state index contributed by atoms with van der Waals surface area (Å²) in [4.78, 5) is 22.6. The predicted molar refractivity (Wildman–Crippen MR) is 79.8 cm³/mol. The van der Waals surface area contributed by atoms with Crippen LogP contribution in [0.1, 0.15) is 28.5 Å². The third kappa shape index (κ3) is 2.53. The van der Waals surface area contributed by atoms with Gasteiger partial charge in [-0.15, -0.1) is 10.2 Å². The van der Waals surface area contributed by atoms with Crippen molar-refractivity contribution in [1.82, 2.24) is 19.9 Å². The summed E-state index contributed by atoms with van der Waals surface area (Å²) >= 11 is 0.838. The molecular weight excluding hydrogens is 306 g/mol. The highest BCUT2D eigenvalue weighted by molar-refractivity contribution is 7.17. The van der Waals surface area contributed by atoms with Crippen LogP contribution in [0.2, 0.25) is 0 Å². The number of pyridine rings is 1. The number of nitrogens with zero attached hydrogens (tertiary/aromatic N) is 4. The number of fused-ring (bicyclic) bond motifs is 1. The quantitative estimate of drug-likeness (QED) is 0.587. The second kappa shape index (κ2) is 5.53. The highest BCUT2D eigenvalue weighted by atomic mass is 32.1. The van der Waals surface area contributed by atoms with Crippen LogP contribution >= 0.6 is 11.3 Å². The SMILES string of the molecule is CC(NC(=O)c1ccc([N+](=O)[O-])s1)c1nnc2ccccn12. The molecule has 8 nitrogen and oxygen atoms in total. The van der Waals surface area contributed by atoms with E-state index in [1.165, 1.54) is 12.1 Å². The Bertz CT molecular complexity index is 856. The number of hydrogen-bond acceptors (Lipinski definition) is 6. The lowest BCUT2D eigenvalue weighted by molar-refractivity contribution is -0.380.